The van der Waals surface area contributed by atoms with Crippen LogP contribution in [0.15, 0.2) is 41.6 Å². The third kappa shape index (κ3) is 4.56. The molecule has 8 nitrogen and oxygen atoms in total. The summed E-state index contributed by atoms with van der Waals surface area (Å²) in [4.78, 5) is 14.4. The molecule has 3 rings (SSSR count). The lowest BCUT2D eigenvalue weighted by atomic mass is 10.1. The lowest BCUT2D eigenvalue weighted by molar-refractivity contribution is -0.127. The van der Waals surface area contributed by atoms with Crippen molar-refractivity contribution in [2.75, 3.05) is 27.0 Å². The highest BCUT2D eigenvalue weighted by molar-refractivity contribution is 7.99. The maximum absolute atomic E-state index is 12.7. The Morgan fingerprint density at radius 1 is 1.10 bits per heavy atom. The summed E-state index contributed by atoms with van der Waals surface area (Å²) in [6, 6.07) is 11.6. The molecule has 0 atom stereocenters. The van der Waals surface area contributed by atoms with Crippen LogP contribution in [0.2, 0.25) is 0 Å². The highest BCUT2D eigenvalue weighted by Crippen LogP contribution is 2.31. The fourth-order valence-electron chi connectivity index (χ4n) is 3.21. The zero-order chi connectivity index (χ0) is 21.7. The molecule has 0 saturated heterocycles. The summed E-state index contributed by atoms with van der Waals surface area (Å²) in [5, 5.41) is 12.6. The molecule has 9 heteroatoms. The van der Waals surface area contributed by atoms with Crippen molar-refractivity contribution >= 4 is 17.7 Å². The third-order valence-corrected chi connectivity index (χ3v) is 5.64. The highest BCUT2D eigenvalue weighted by atomic mass is 32.2. The molecule has 0 bridgehead atoms. The number of carbonyl (C=O) groups excluding carboxylic acids is 1. The van der Waals surface area contributed by atoms with Gasteiger partial charge in [-0.1, -0.05) is 42.1 Å². The predicted molar refractivity (Wildman–Crippen MR) is 115 cm³/mol. The monoisotopic (exact) mass is 427 g/mol. The third-order valence-electron chi connectivity index (χ3n) is 4.73. The summed E-state index contributed by atoms with van der Waals surface area (Å²) in [6.45, 7) is 4.43. The van der Waals surface area contributed by atoms with Crippen molar-refractivity contribution in [1.82, 2.24) is 25.1 Å². The lowest BCUT2D eigenvalue weighted by Gasteiger charge is -2.19. The van der Waals surface area contributed by atoms with Crippen LogP contribution in [0.25, 0.3) is 5.69 Å². The molecule has 0 aliphatic carbocycles. The second-order valence-electron chi connectivity index (χ2n) is 6.80. The fraction of sp³-hybridized carbons (Fsp3) is 0.333. The van der Waals surface area contributed by atoms with E-state index in [2.05, 4.69) is 15.5 Å². The van der Waals surface area contributed by atoms with E-state index in [1.165, 1.54) is 11.8 Å². The second-order valence-corrected chi connectivity index (χ2v) is 7.75. The Kier molecular flexibility index (Phi) is 6.94. The van der Waals surface area contributed by atoms with Crippen molar-refractivity contribution in [1.29, 1.82) is 0 Å². The Bertz CT molecular complexity index is 1020. The van der Waals surface area contributed by atoms with Crippen molar-refractivity contribution in [3.63, 3.8) is 0 Å². The highest BCUT2D eigenvalue weighted by Gasteiger charge is 2.18. The Labute approximate surface area is 180 Å². The van der Waals surface area contributed by atoms with Gasteiger partial charge in [-0.15, -0.1) is 5.10 Å². The summed E-state index contributed by atoms with van der Waals surface area (Å²) in [7, 11) is 4.94. The number of ether oxygens (including phenoxy) is 2. The van der Waals surface area contributed by atoms with Crippen LogP contribution in [0.3, 0.4) is 0 Å². The number of para-hydroxylation sites is 2. The zero-order valence-corrected chi connectivity index (χ0v) is 18.6. The minimum atomic E-state index is -0.0408. The molecule has 0 fully saturated rings. The Hall–Kier alpha value is -3.07. The van der Waals surface area contributed by atoms with E-state index in [0.29, 0.717) is 23.2 Å². The van der Waals surface area contributed by atoms with Crippen LogP contribution in [0.4, 0.5) is 0 Å². The van der Waals surface area contributed by atoms with Crippen molar-refractivity contribution in [3.8, 4) is 17.2 Å². The van der Waals surface area contributed by atoms with E-state index in [0.717, 1.165) is 22.4 Å². The van der Waals surface area contributed by atoms with Gasteiger partial charge in [-0.05, 0) is 41.5 Å². The summed E-state index contributed by atoms with van der Waals surface area (Å²) in [5.74, 6) is 1.44. The van der Waals surface area contributed by atoms with Gasteiger partial charge in [0.1, 0.15) is 0 Å². The maximum Gasteiger partial charge on any atom is 0.233 e. The molecule has 158 valence electrons. The van der Waals surface area contributed by atoms with Gasteiger partial charge in [-0.2, -0.15) is 4.68 Å². The maximum atomic E-state index is 12.7. The summed E-state index contributed by atoms with van der Waals surface area (Å²) in [6.07, 6.45) is 0. The number of thioether (sulfide) groups is 1. The normalized spacial score (nSPS) is 10.7. The van der Waals surface area contributed by atoms with Gasteiger partial charge in [0, 0.05) is 19.2 Å². The van der Waals surface area contributed by atoms with E-state index in [-0.39, 0.29) is 11.7 Å². The van der Waals surface area contributed by atoms with Crippen LogP contribution in [0.5, 0.6) is 11.5 Å². The van der Waals surface area contributed by atoms with E-state index >= 15 is 0 Å². The van der Waals surface area contributed by atoms with E-state index in [4.69, 9.17) is 9.47 Å². The van der Waals surface area contributed by atoms with Gasteiger partial charge >= 0.3 is 0 Å². The topological polar surface area (TPSA) is 82.4 Å². The molecule has 0 aliphatic rings. The van der Waals surface area contributed by atoms with Crippen LogP contribution in [0, 0.1) is 13.8 Å². The molecule has 0 aliphatic heterocycles. The number of hydrogen-bond acceptors (Lipinski definition) is 7. The Morgan fingerprint density at radius 3 is 2.47 bits per heavy atom. The van der Waals surface area contributed by atoms with E-state index in [1.807, 2.05) is 50.2 Å². The SMILES string of the molecule is COc1cccc(CN(C)C(=O)CSc2nnnn2-c2c(C)cccc2C)c1OC. The molecule has 1 amide bonds. The number of aromatic nitrogens is 4. The van der Waals surface area contributed by atoms with Crippen molar-refractivity contribution in [3.05, 3.63) is 53.1 Å². The van der Waals surface area contributed by atoms with E-state index < -0.39 is 0 Å². The Balaban J connectivity index is 1.70. The van der Waals surface area contributed by atoms with Crippen molar-refractivity contribution < 1.29 is 14.3 Å². The number of amides is 1. The fourth-order valence-corrected chi connectivity index (χ4v) is 4.02. The van der Waals surface area contributed by atoms with Gasteiger partial charge in [-0.3, -0.25) is 4.79 Å². The number of carbonyl (C=O) groups is 1. The van der Waals surface area contributed by atoms with Gasteiger partial charge in [0.05, 0.1) is 25.7 Å². The molecule has 30 heavy (non-hydrogen) atoms. The van der Waals surface area contributed by atoms with Crippen LogP contribution in [-0.2, 0) is 11.3 Å². The molecular formula is C21H25N5O3S. The predicted octanol–water partition coefficient (Wildman–Crippen LogP) is 3.05. The number of methoxy groups -OCH3 is 2. The number of benzene rings is 2. The first kappa shape index (κ1) is 21.6. The van der Waals surface area contributed by atoms with Crippen molar-refractivity contribution in [2.24, 2.45) is 0 Å². The molecule has 1 heterocycles. The zero-order valence-electron chi connectivity index (χ0n) is 17.7. The molecule has 0 saturated carbocycles. The second kappa shape index (κ2) is 9.62. The number of nitrogens with zero attached hydrogens (tertiary/aromatic N) is 5. The molecule has 2 aromatic carbocycles. The molecule has 0 N–H and O–H groups in total. The first-order valence-corrected chi connectivity index (χ1v) is 10.4. The van der Waals surface area contributed by atoms with Gasteiger partial charge in [-0.25, -0.2) is 0 Å². The lowest BCUT2D eigenvalue weighted by Crippen LogP contribution is -2.28. The summed E-state index contributed by atoms with van der Waals surface area (Å²) >= 11 is 1.31. The largest absolute Gasteiger partial charge is 0.493 e. The van der Waals surface area contributed by atoms with Crippen LogP contribution >= 0.6 is 11.8 Å². The smallest absolute Gasteiger partial charge is 0.233 e. The Morgan fingerprint density at radius 2 is 1.80 bits per heavy atom. The molecule has 0 radical (unpaired) electrons. The standard InChI is InChI=1S/C21H25N5O3S/c1-14-8-6-9-15(2)19(14)26-21(22-23-24-26)30-13-18(27)25(3)12-16-10-7-11-17(28-4)20(16)29-5/h6-11H,12-13H2,1-5H3. The minimum Gasteiger partial charge on any atom is -0.493 e. The molecule has 1 aromatic heterocycles. The summed E-state index contributed by atoms with van der Waals surface area (Å²) < 4.78 is 12.5. The number of aryl methyl sites for hydroxylation is 2. The number of hydrogen-bond donors (Lipinski definition) is 0. The average molecular weight is 428 g/mol. The first-order chi connectivity index (χ1) is 14.5. The number of rotatable bonds is 8. The van der Waals surface area contributed by atoms with E-state index in [1.54, 1.807) is 30.8 Å². The minimum absolute atomic E-state index is 0.0408. The first-order valence-electron chi connectivity index (χ1n) is 9.37. The van der Waals surface area contributed by atoms with E-state index in [9.17, 15) is 4.79 Å². The van der Waals surface area contributed by atoms with Crippen LogP contribution < -0.4 is 9.47 Å². The molecule has 0 unspecified atom stereocenters. The average Bonchev–Trinajstić information content (AvgIpc) is 3.19. The van der Waals surface area contributed by atoms with Gasteiger partial charge in [0.2, 0.25) is 11.1 Å². The van der Waals surface area contributed by atoms with Gasteiger partial charge in [0.15, 0.2) is 11.5 Å². The molecule has 3 aromatic rings. The quantitative estimate of drug-likeness (QED) is 0.511. The van der Waals surface area contributed by atoms with Gasteiger partial charge in [0.25, 0.3) is 0 Å². The van der Waals surface area contributed by atoms with Gasteiger partial charge < -0.3 is 14.4 Å². The molecule has 0 spiro atoms. The van der Waals surface area contributed by atoms with Crippen molar-refractivity contribution in [2.45, 2.75) is 25.5 Å². The number of tetrazole rings is 1. The molecular weight excluding hydrogens is 402 g/mol. The van der Waals surface area contributed by atoms with Crippen LogP contribution in [-0.4, -0.2) is 58.0 Å². The summed E-state index contributed by atoms with van der Waals surface area (Å²) in [5.41, 5.74) is 3.94. The van der Waals surface area contributed by atoms with Crippen LogP contribution in [0.1, 0.15) is 16.7 Å².